The van der Waals surface area contributed by atoms with Crippen molar-refractivity contribution in [3.05, 3.63) is 55.9 Å². The van der Waals surface area contributed by atoms with Crippen LogP contribution in [-0.2, 0) is 22.4 Å². The molecule has 3 rings (SSSR count). The molecule has 1 N–H and O–H groups in total. The molecule has 2 aromatic rings. The number of para-hydroxylation sites is 1. The summed E-state index contributed by atoms with van der Waals surface area (Å²) >= 11 is 1.38. The number of carbonyl (C=O) groups excluding carboxylic acids is 2. The number of rotatable bonds is 5. The number of fused-ring (bicyclic) bond motifs is 1. The number of aryl methyl sites for hydroxylation is 1. The summed E-state index contributed by atoms with van der Waals surface area (Å²) in [5.74, 6) is -1.55. The van der Waals surface area contributed by atoms with Crippen molar-refractivity contribution in [2.45, 2.75) is 32.1 Å². The van der Waals surface area contributed by atoms with Crippen LogP contribution < -0.4 is 5.32 Å². The summed E-state index contributed by atoms with van der Waals surface area (Å²) in [6, 6.07) is 7.53. The van der Waals surface area contributed by atoms with Crippen LogP contribution in [0.15, 0.2) is 24.3 Å². The molecule has 1 aromatic heterocycles. The Bertz CT molecular complexity index is 976. The number of amides is 1. The number of hydrogen-bond donors (Lipinski definition) is 1. The van der Waals surface area contributed by atoms with E-state index in [9.17, 15) is 25.0 Å². The van der Waals surface area contributed by atoms with Crippen LogP contribution in [0.3, 0.4) is 0 Å². The lowest BCUT2D eigenvalue weighted by Gasteiger charge is -2.06. The summed E-state index contributed by atoms with van der Waals surface area (Å²) in [5, 5.41) is 23.5. The molecule has 0 saturated heterocycles. The van der Waals surface area contributed by atoms with E-state index in [0.717, 1.165) is 42.5 Å². The number of anilines is 1. The van der Waals surface area contributed by atoms with E-state index in [4.69, 9.17) is 4.74 Å². The monoisotopic (exact) mass is 399 g/mol. The molecule has 0 radical (unpaired) electrons. The molecule has 1 aliphatic rings. The van der Waals surface area contributed by atoms with E-state index < -0.39 is 23.4 Å². The first-order chi connectivity index (χ1) is 13.5. The minimum Gasteiger partial charge on any atom is -0.452 e. The van der Waals surface area contributed by atoms with Crippen molar-refractivity contribution in [3.8, 4) is 6.07 Å². The molecule has 28 heavy (non-hydrogen) atoms. The van der Waals surface area contributed by atoms with Crippen molar-refractivity contribution < 1.29 is 19.2 Å². The molecular weight excluding hydrogens is 382 g/mol. The maximum Gasteiger partial charge on any atom is 0.345 e. The fourth-order valence-electron chi connectivity index (χ4n) is 3.13. The third kappa shape index (κ3) is 4.18. The van der Waals surface area contributed by atoms with Gasteiger partial charge in [0.15, 0.2) is 6.61 Å². The third-order valence-electron chi connectivity index (χ3n) is 4.44. The molecule has 0 fully saturated rings. The Morgan fingerprint density at radius 1 is 1.25 bits per heavy atom. The largest absolute Gasteiger partial charge is 0.452 e. The number of carbonyl (C=O) groups is 2. The van der Waals surface area contributed by atoms with Crippen molar-refractivity contribution in [2.24, 2.45) is 0 Å². The molecule has 8 nitrogen and oxygen atoms in total. The Morgan fingerprint density at radius 2 is 2.00 bits per heavy atom. The lowest BCUT2D eigenvalue weighted by Crippen LogP contribution is -2.21. The summed E-state index contributed by atoms with van der Waals surface area (Å²) in [4.78, 5) is 35.7. The summed E-state index contributed by atoms with van der Waals surface area (Å²) in [6.45, 7) is -0.599. The minimum absolute atomic E-state index is 0.221. The number of hydrogen-bond acceptors (Lipinski definition) is 7. The molecule has 0 unspecified atom stereocenters. The summed E-state index contributed by atoms with van der Waals surface area (Å²) in [7, 11) is 0. The van der Waals surface area contributed by atoms with Gasteiger partial charge in [0.25, 0.3) is 11.6 Å². The highest BCUT2D eigenvalue weighted by molar-refractivity contribution is 7.16. The lowest BCUT2D eigenvalue weighted by atomic mass is 10.1. The fourth-order valence-corrected chi connectivity index (χ4v) is 4.38. The van der Waals surface area contributed by atoms with Gasteiger partial charge in [-0.15, -0.1) is 11.3 Å². The highest BCUT2D eigenvalue weighted by Gasteiger charge is 2.23. The van der Waals surface area contributed by atoms with Crippen LogP contribution in [0.2, 0.25) is 0 Å². The van der Waals surface area contributed by atoms with Gasteiger partial charge in [-0.1, -0.05) is 18.6 Å². The molecule has 0 bridgehead atoms. The highest BCUT2D eigenvalue weighted by atomic mass is 32.1. The molecule has 1 amide bonds. The summed E-state index contributed by atoms with van der Waals surface area (Å²) in [6.07, 6.45) is 4.89. The van der Waals surface area contributed by atoms with E-state index in [-0.39, 0.29) is 11.3 Å². The van der Waals surface area contributed by atoms with E-state index in [1.54, 1.807) is 0 Å². The van der Waals surface area contributed by atoms with Gasteiger partial charge in [-0.05, 0) is 37.3 Å². The first-order valence-electron chi connectivity index (χ1n) is 8.76. The zero-order chi connectivity index (χ0) is 20.1. The standard InChI is InChI=1S/C19H17N3O5S/c20-10-14-12-6-2-1-3-9-16(12)28-18(14)21-17(23)11-27-19(24)13-7-4-5-8-15(13)22(25)26/h4-5,7-8H,1-3,6,9,11H2,(H,21,23). The normalized spacial score (nSPS) is 13.0. The van der Waals surface area contributed by atoms with Gasteiger partial charge in [-0.25, -0.2) is 4.79 Å². The Kier molecular flexibility index (Phi) is 6.01. The van der Waals surface area contributed by atoms with Gasteiger partial charge in [-0.3, -0.25) is 14.9 Å². The van der Waals surface area contributed by atoms with Gasteiger partial charge in [0.05, 0.1) is 10.5 Å². The predicted octanol–water partition coefficient (Wildman–Crippen LogP) is 3.59. The van der Waals surface area contributed by atoms with Gasteiger partial charge in [0, 0.05) is 10.9 Å². The molecule has 0 atom stereocenters. The van der Waals surface area contributed by atoms with Gasteiger partial charge in [-0.2, -0.15) is 5.26 Å². The molecule has 0 saturated carbocycles. The zero-order valence-corrected chi connectivity index (χ0v) is 15.7. The van der Waals surface area contributed by atoms with Crippen LogP contribution in [0.4, 0.5) is 10.7 Å². The zero-order valence-electron chi connectivity index (χ0n) is 14.9. The van der Waals surface area contributed by atoms with Crippen LogP contribution in [0.25, 0.3) is 0 Å². The van der Waals surface area contributed by atoms with Gasteiger partial charge in [0.2, 0.25) is 0 Å². The van der Waals surface area contributed by atoms with Crippen LogP contribution in [-0.4, -0.2) is 23.4 Å². The van der Waals surface area contributed by atoms with Crippen molar-refractivity contribution in [1.82, 2.24) is 0 Å². The second kappa shape index (κ2) is 8.63. The smallest absolute Gasteiger partial charge is 0.345 e. The van der Waals surface area contributed by atoms with E-state index in [1.165, 1.54) is 35.6 Å². The second-order valence-corrected chi connectivity index (χ2v) is 7.38. The van der Waals surface area contributed by atoms with Gasteiger partial charge in [0.1, 0.15) is 16.6 Å². The molecule has 9 heteroatoms. The Labute approximate surface area is 164 Å². The maximum atomic E-state index is 12.2. The average Bonchev–Trinajstić information content (AvgIpc) is 2.85. The molecular formula is C19H17N3O5S. The molecule has 1 heterocycles. The quantitative estimate of drug-likeness (QED) is 0.355. The Morgan fingerprint density at radius 3 is 2.75 bits per heavy atom. The first-order valence-corrected chi connectivity index (χ1v) is 9.58. The average molecular weight is 399 g/mol. The number of benzene rings is 1. The number of ether oxygens (including phenoxy) is 1. The summed E-state index contributed by atoms with van der Waals surface area (Å²) in [5.41, 5.74) is 0.861. The van der Waals surface area contributed by atoms with E-state index >= 15 is 0 Å². The molecule has 1 aliphatic carbocycles. The Hall–Kier alpha value is -3.25. The SMILES string of the molecule is N#Cc1c(NC(=O)COC(=O)c2ccccc2[N+](=O)[O-])sc2c1CCCCC2. The number of esters is 1. The van der Waals surface area contributed by atoms with E-state index in [2.05, 4.69) is 11.4 Å². The second-order valence-electron chi connectivity index (χ2n) is 6.28. The molecule has 1 aromatic carbocycles. The van der Waals surface area contributed by atoms with Gasteiger partial charge >= 0.3 is 5.97 Å². The topological polar surface area (TPSA) is 122 Å². The third-order valence-corrected chi connectivity index (χ3v) is 5.65. The van der Waals surface area contributed by atoms with Crippen LogP contribution in [0.5, 0.6) is 0 Å². The summed E-state index contributed by atoms with van der Waals surface area (Å²) < 4.78 is 4.91. The minimum atomic E-state index is -0.954. The van der Waals surface area contributed by atoms with Crippen molar-refractivity contribution >= 4 is 33.9 Å². The van der Waals surface area contributed by atoms with Crippen LogP contribution >= 0.6 is 11.3 Å². The van der Waals surface area contributed by atoms with E-state index in [0.29, 0.717) is 10.6 Å². The molecule has 0 spiro atoms. The van der Waals surface area contributed by atoms with Crippen LogP contribution in [0, 0.1) is 21.4 Å². The van der Waals surface area contributed by atoms with Gasteiger partial charge < -0.3 is 10.1 Å². The number of nitriles is 1. The fraction of sp³-hybridized carbons (Fsp3) is 0.316. The van der Waals surface area contributed by atoms with Crippen molar-refractivity contribution in [3.63, 3.8) is 0 Å². The lowest BCUT2D eigenvalue weighted by molar-refractivity contribution is -0.385. The number of nitrogens with zero attached hydrogens (tertiary/aromatic N) is 2. The predicted molar refractivity (Wildman–Crippen MR) is 102 cm³/mol. The first kappa shape index (κ1) is 19.5. The number of nitro groups is 1. The molecule has 0 aliphatic heterocycles. The van der Waals surface area contributed by atoms with E-state index in [1.807, 2.05) is 0 Å². The maximum absolute atomic E-state index is 12.2. The van der Waals surface area contributed by atoms with Crippen molar-refractivity contribution in [1.29, 1.82) is 5.26 Å². The number of thiophene rings is 1. The Balaban J connectivity index is 1.66. The molecule has 144 valence electrons. The van der Waals surface area contributed by atoms with Crippen molar-refractivity contribution in [2.75, 3.05) is 11.9 Å². The van der Waals surface area contributed by atoms with Crippen LogP contribution in [0.1, 0.15) is 45.6 Å². The highest BCUT2D eigenvalue weighted by Crippen LogP contribution is 2.36. The number of nitrogens with one attached hydrogen (secondary N) is 1. The number of nitro benzene ring substituents is 1.